The molecule has 1 rings (SSSR count). The lowest BCUT2D eigenvalue weighted by Crippen LogP contribution is -2.21. The van der Waals surface area contributed by atoms with Crippen molar-refractivity contribution >= 4 is 15.9 Å². The fraction of sp³-hybridized carbons (Fsp3) is 0.500. The molecular weight excluding hydrogens is 343 g/mol. The normalized spacial score (nSPS) is 13.2. The van der Waals surface area contributed by atoms with E-state index in [0.29, 0.717) is 16.5 Å². The Hall–Kier alpha value is -0.810. The van der Waals surface area contributed by atoms with Crippen LogP contribution in [0.25, 0.3) is 0 Å². The molecule has 0 aromatic heterocycles. The van der Waals surface area contributed by atoms with Crippen LogP contribution in [-0.2, 0) is 6.18 Å². The Balaban J connectivity index is 2.82. The highest BCUT2D eigenvalue weighted by Crippen LogP contribution is 2.37. The van der Waals surface area contributed by atoms with Gasteiger partial charge in [-0.3, -0.25) is 0 Å². The summed E-state index contributed by atoms with van der Waals surface area (Å²) in [6.07, 6.45) is 2.11. The number of rotatable bonds is 8. The maximum absolute atomic E-state index is 13.2. The van der Waals surface area contributed by atoms with Crippen LogP contribution in [0.2, 0.25) is 0 Å². The fourth-order valence-corrected chi connectivity index (χ4v) is 2.71. The van der Waals surface area contributed by atoms with Gasteiger partial charge in [-0.15, -0.1) is 6.58 Å². The van der Waals surface area contributed by atoms with Crippen LogP contribution in [-0.4, -0.2) is 7.05 Å². The van der Waals surface area contributed by atoms with Crippen molar-refractivity contribution in [2.45, 2.75) is 44.3 Å². The molecule has 0 amide bonds. The molecule has 1 aromatic rings. The van der Waals surface area contributed by atoms with Gasteiger partial charge in [0.25, 0.3) is 0 Å². The average molecular weight is 364 g/mol. The summed E-state index contributed by atoms with van der Waals surface area (Å²) in [6, 6.07) is 4.08. The monoisotopic (exact) mass is 363 g/mol. The second kappa shape index (κ2) is 8.59. The lowest BCUT2D eigenvalue weighted by molar-refractivity contribution is -0.138. The van der Waals surface area contributed by atoms with Gasteiger partial charge in [-0.1, -0.05) is 40.9 Å². The first-order valence-electron chi connectivity index (χ1n) is 7.05. The third-order valence-corrected chi connectivity index (χ3v) is 3.94. The van der Waals surface area contributed by atoms with Gasteiger partial charge in [-0.05, 0) is 44.0 Å². The van der Waals surface area contributed by atoms with Gasteiger partial charge in [0.05, 0.1) is 5.56 Å². The van der Waals surface area contributed by atoms with Crippen LogP contribution in [0.5, 0.6) is 0 Å². The molecule has 1 atom stereocenters. The molecule has 0 saturated carbocycles. The highest BCUT2D eigenvalue weighted by atomic mass is 79.9. The summed E-state index contributed by atoms with van der Waals surface area (Å²) in [6.45, 7) is 3.66. The zero-order valence-electron chi connectivity index (χ0n) is 12.1. The van der Waals surface area contributed by atoms with E-state index in [9.17, 15) is 13.2 Å². The molecule has 5 heteroatoms. The predicted octanol–water partition coefficient (Wildman–Crippen LogP) is 5.86. The number of alkyl halides is 3. The molecule has 0 bridgehead atoms. The van der Waals surface area contributed by atoms with Gasteiger partial charge in [0, 0.05) is 10.5 Å². The van der Waals surface area contributed by atoms with Crippen LogP contribution in [0, 0.1) is 0 Å². The number of unbranched alkanes of at least 4 members (excludes halogenated alkanes) is 3. The molecule has 0 heterocycles. The molecule has 0 aliphatic carbocycles. The van der Waals surface area contributed by atoms with Gasteiger partial charge in [-0.25, -0.2) is 0 Å². The van der Waals surface area contributed by atoms with Crippen LogP contribution in [0.4, 0.5) is 13.2 Å². The standard InChI is InChI=1S/C16H21BrF3N/c1-3-4-5-6-7-8-15(21-2)13-10-9-12(17)11-14(13)16(18,19)20/h3,9-11,15,21H,1,4-8H2,2H3. The van der Waals surface area contributed by atoms with Crippen LogP contribution >= 0.6 is 15.9 Å². The number of nitrogens with one attached hydrogen (secondary N) is 1. The molecule has 0 fully saturated rings. The maximum atomic E-state index is 13.2. The topological polar surface area (TPSA) is 12.0 Å². The van der Waals surface area contributed by atoms with Crippen LogP contribution < -0.4 is 5.32 Å². The first kappa shape index (κ1) is 18.2. The largest absolute Gasteiger partial charge is 0.416 e. The van der Waals surface area contributed by atoms with Gasteiger partial charge in [0.2, 0.25) is 0 Å². The minimum Gasteiger partial charge on any atom is -0.313 e. The van der Waals surface area contributed by atoms with E-state index >= 15 is 0 Å². The number of benzene rings is 1. The number of halogens is 4. The molecule has 21 heavy (non-hydrogen) atoms. The van der Waals surface area contributed by atoms with Crippen molar-refractivity contribution in [1.29, 1.82) is 0 Å². The summed E-state index contributed by atoms with van der Waals surface area (Å²) in [5, 5.41) is 3.01. The third kappa shape index (κ3) is 5.83. The Morgan fingerprint density at radius 3 is 2.57 bits per heavy atom. The number of hydrogen-bond donors (Lipinski definition) is 1. The van der Waals surface area contributed by atoms with E-state index in [2.05, 4.69) is 27.8 Å². The molecule has 0 aliphatic rings. The van der Waals surface area contributed by atoms with Crippen molar-refractivity contribution in [3.63, 3.8) is 0 Å². The van der Waals surface area contributed by atoms with Crippen molar-refractivity contribution in [1.82, 2.24) is 5.32 Å². The van der Waals surface area contributed by atoms with E-state index in [1.165, 1.54) is 0 Å². The Labute approximate surface area is 132 Å². The summed E-state index contributed by atoms with van der Waals surface area (Å²) in [4.78, 5) is 0. The van der Waals surface area contributed by atoms with Crippen LogP contribution in [0.3, 0.4) is 0 Å². The van der Waals surface area contributed by atoms with Gasteiger partial charge >= 0.3 is 6.18 Å². The smallest absolute Gasteiger partial charge is 0.313 e. The van der Waals surface area contributed by atoms with E-state index < -0.39 is 11.7 Å². The SMILES string of the molecule is C=CCCCCCC(NC)c1ccc(Br)cc1C(F)(F)F. The first-order valence-corrected chi connectivity index (χ1v) is 7.84. The minimum atomic E-state index is -4.34. The maximum Gasteiger partial charge on any atom is 0.416 e. The molecule has 1 aromatic carbocycles. The van der Waals surface area contributed by atoms with Crippen molar-refractivity contribution in [3.05, 3.63) is 46.5 Å². The zero-order valence-corrected chi connectivity index (χ0v) is 13.7. The van der Waals surface area contributed by atoms with Gasteiger partial charge in [0.1, 0.15) is 0 Å². The van der Waals surface area contributed by atoms with E-state index in [0.717, 1.165) is 31.7 Å². The van der Waals surface area contributed by atoms with Crippen molar-refractivity contribution in [2.24, 2.45) is 0 Å². The molecule has 0 aliphatic heterocycles. The molecule has 0 saturated heterocycles. The summed E-state index contributed by atoms with van der Waals surface area (Å²) in [5.41, 5.74) is -0.251. The Bertz CT molecular complexity index is 457. The van der Waals surface area contributed by atoms with Crippen molar-refractivity contribution in [3.8, 4) is 0 Å². The highest BCUT2D eigenvalue weighted by Gasteiger charge is 2.35. The van der Waals surface area contributed by atoms with Gasteiger partial charge in [0.15, 0.2) is 0 Å². The molecule has 118 valence electrons. The van der Waals surface area contributed by atoms with E-state index in [4.69, 9.17) is 0 Å². The average Bonchev–Trinajstić information content (AvgIpc) is 2.42. The lowest BCUT2D eigenvalue weighted by Gasteiger charge is -2.21. The Morgan fingerprint density at radius 1 is 1.29 bits per heavy atom. The minimum absolute atomic E-state index is 0.279. The molecule has 0 spiro atoms. The third-order valence-electron chi connectivity index (χ3n) is 3.45. The zero-order chi connectivity index (χ0) is 15.9. The molecule has 1 nitrogen and oxygen atoms in total. The van der Waals surface area contributed by atoms with E-state index in [1.54, 1.807) is 19.2 Å². The van der Waals surface area contributed by atoms with Crippen molar-refractivity contribution < 1.29 is 13.2 Å². The van der Waals surface area contributed by atoms with E-state index in [-0.39, 0.29) is 6.04 Å². The van der Waals surface area contributed by atoms with Crippen LogP contribution in [0.1, 0.15) is 49.3 Å². The van der Waals surface area contributed by atoms with E-state index in [1.807, 2.05) is 6.08 Å². The first-order chi connectivity index (χ1) is 9.90. The van der Waals surface area contributed by atoms with Crippen molar-refractivity contribution in [2.75, 3.05) is 7.05 Å². The quantitative estimate of drug-likeness (QED) is 0.450. The number of allylic oxidation sites excluding steroid dienone is 1. The Morgan fingerprint density at radius 2 is 2.00 bits per heavy atom. The molecule has 0 radical (unpaired) electrons. The summed E-state index contributed by atoms with van der Waals surface area (Å²) >= 11 is 3.11. The number of hydrogen-bond acceptors (Lipinski definition) is 1. The highest BCUT2D eigenvalue weighted by molar-refractivity contribution is 9.10. The van der Waals surface area contributed by atoms with Gasteiger partial charge in [-0.2, -0.15) is 13.2 Å². The molecular formula is C16H21BrF3N. The summed E-state index contributed by atoms with van der Waals surface area (Å²) in [7, 11) is 1.70. The Kier molecular flexibility index (Phi) is 7.46. The van der Waals surface area contributed by atoms with Gasteiger partial charge < -0.3 is 5.32 Å². The molecule has 1 unspecified atom stereocenters. The summed E-state index contributed by atoms with van der Waals surface area (Å²) in [5.74, 6) is 0. The molecule has 1 N–H and O–H groups in total. The van der Waals surface area contributed by atoms with Crippen LogP contribution in [0.15, 0.2) is 35.3 Å². The summed E-state index contributed by atoms with van der Waals surface area (Å²) < 4.78 is 39.9. The lowest BCUT2D eigenvalue weighted by atomic mass is 9.95. The fourth-order valence-electron chi connectivity index (χ4n) is 2.35. The second-order valence-electron chi connectivity index (χ2n) is 5.00. The predicted molar refractivity (Wildman–Crippen MR) is 84.2 cm³/mol. The second-order valence-corrected chi connectivity index (χ2v) is 5.91.